The topological polar surface area (TPSA) is 26.3 Å². The van der Waals surface area contributed by atoms with Gasteiger partial charge in [-0.3, -0.25) is 4.79 Å². The van der Waals surface area contributed by atoms with Gasteiger partial charge in [-0.2, -0.15) is 0 Å². The number of aryl methyl sites for hydroxylation is 1. The zero-order valence-corrected chi connectivity index (χ0v) is 10.9. The molecular weight excluding hydrogens is 236 g/mol. The lowest BCUT2D eigenvalue weighted by atomic mass is 9.92. The maximum atomic E-state index is 12.6. The molecule has 1 aliphatic rings. The number of fused-ring (bicyclic) bond motifs is 1. The fourth-order valence-electron chi connectivity index (χ4n) is 2.81. The summed E-state index contributed by atoms with van der Waals surface area (Å²) in [5, 5.41) is 0. The molecule has 3 rings (SSSR count). The van der Waals surface area contributed by atoms with Gasteiger partial charge in [0.1, 0.15) is 5.75 Å². The molecular formula is C17H16O2. The van der Waals surface area contributed by atoms with Gasteiger partial charge >= 0.3 is 0 Å². The van der Waals surface area contributed by atoms with Crippen LogP contribution in [0.4, 0.5) is 0 Å². The van der Waals surface area contributed by atoms with Crippen LogP contribution in [-0.2, 0) is 6.42 Å². The molecule has 2 heteroatoms. The Morgan fingerprint density at radius 1 is 1.16 bits per heavy atom. The largest absolute Gasteiger partial charge is 0.497 e. The Hall–Kier alpha value is -2.09. The Kier molecular flexibility index (Phi) is 3.08. The summed E-state index contributed by atoms with van der Waals surface area (Å²) in [6, 6.07) is 15.7. The highest BCUT2D eigenvalue weighted by Gasteiger charge is 2.28. The van der Waals surface area contributed by atoms with Crippen LogP contribution in [0.15, 0.2) is 48.5 Å². The third-order valence-corrected chi connectivity index (χ3v) is 3.80. The number of benzene rings is 2. The van der Waals surface area contributed by atoms with Crippen molar-refractivity contribution in [2.24, 2.45) is 0 Å². The first-order chi connectivity index (χ1) is 9.29. The van der Waals surface area contributed by atoms with Crippen molar-refractivity contribution in [2.45, 2.75) is 18.8 Å². The van der Waals surface area contributed by atoms with Crippen LogP contribution in [0.2, 0.25) is 0 Å². The maximum absolute atomic E-state index is 12.6. The molecule has 0 N–H and O–H groups in total. The predicted molar refractivity (Wildman–Crippen MR) is 74.8 cm³/mol. The highest BCUT2D eigenvalue weighted by atomic mass is 16.5. The molecule has 2 aromatic rings. The molecule has 0 saturated carbocycles. The number of hydrogen-bond donors (Lipinski definition) is 0. The van der Waals surface area contributed by atoms with Crippen LogP contribution >= 0.6 is 0 Å². The quantitative estimate of drug-likeness (QED) is 0.780. The summed E-state index contributed by atoms with van der Waals surface area (Å²) in [4.78, 5) is 12.6. The van der Waals surface area contributed by atoms with Crippen LogP contribution in [0, 0.1) is 0 Å². The second-order valence-electron chi connectivity index (χ2n) is 4.89. The number of Topliss-reactive ketones (excluding diaryl/α,β-unsaturated/α-hetero) is 1. The van der Waals surface area contributed by atoms with Gasteiger partial charge in [-0.05, 0) is 36.1 Å². The smallest absolute Gasteiger partial charge is 0.170 e. The summed E-state index contributed by atoms with van der Waals surface area (Å²) in [5.74, 6) is 0.935. The first-order valence-electron chi connectivity index (χ1n) is 6.55. The van der Waals surface area contributed by atoms with E-state index in [1.807, 2.05) is 36.4 Å². The van der Waals surface area contributed by atoms with E-state index in [1.165, 1.54) is 11.1 Å². The molecule has 0 bridgehead atoms. The van der Waals surface area contributed by atoms with Crippen LogP contribution in [0.25, 0.3) is 0 Å². The average molecular weight is 252 g/mol. The second-order valence-corrected chi connectivity index (χ2v) is 4.89. The molecule has 2 aromatic carbocycles. The van der Waals surface area contributed by atoms with E-state index in [-0.39, 0.29) is 11.7 Å². The minimum atomic E-state index is 0.00306. The van der Waals surface area contributed by atoms with E-state index < -0.39 is 0 Å². The fraction of sp³-hybridized carbons (Fsp3) is 0.235. The molecule has 96 valence electrons. The monoisotopic (exact) mass is 252 g/mol. The molecule has 1 atom stereocenters. The summed E-state index contributed by atoms with van der Waals surface area (Å²) in [5.41, 5.74) is 3.24. The molecule has 0 heterocycles. The Bertz CT molecular complexity index is 616. The van der Waals surface area contributed by atoms with Gasteiger partial charge in [0.2, 0.25) is 0 Å². The first kappa shape index (κ1) is 12.0. The molecule has 2 nitrogen and oxygen atoms in total. The molecule has 0 spiro atoms. The summed E-state index contributed by atoms with van der Waals surface area (Å²) in [7, 11) is 1.62. The molecule has 0 radical (unpaired) electrons. The van der Waals surface area contributed by atoms with E-state index >= 15 is 0 Å². The lowest BCUT2D eigenvalue weighted by Gasteiger charge is -2.11. The molecule has 0 aliphatic heterocycles. The van der Waals surface area contributed by atoms with Crippen LogP contribution < -0.4 is 4.74 Å². The zero-order chi connectivity index (χ0) is 13.2. The van der Waals surface area contributed by atoms with Gasteiger partial charge in [0.05, 0.1) is 7.11 Å². The lowest BCUT2D eigenvalue weighted by Crippen LogP contribution is -2.10. The SMILES string of the molecule is COc1cccc(C(=O)C2CCc3ccccc32)c1. The minimum absolute atomic E-state index is 0.00306. The maximum Gasteiger partial charge on any atom is 0.170 e. The molecule has 19 heavy (non-hydrogen) atoms. The van der Waals surface area contributed by atoms with Gasteiger partial charge in [0, 0.05) is 11.5 Å². The van der Waals surface area contributed by atoms with Crippen LogP contribution in [-0.4, -0.2) is 12.9 Å². The first-order valence-corrected chi connectivity index (χ1v) is 6.55. The van der Waals surface area contributed by atoms with Crippen molar-refractivity contribution < 1.29 is 9.53 Å². The van der Waals surface area contributed by atoms with E-state index in [1.54, 1.807) is 7.11 Å². The molecule has 1 unspecified atom stereocenters. The van der Waals surface area contributed by atoms with Crippen LogP contribution in [0.1, 0.15) is 33.8 Å². The van der Waals surface area contributed by atoms with Crippen molar-refractivity contribution >= 4 is 5.78 Å². The summed E-state index contributed by atoms with van der Waals surface area (Å²) < 4.78 is 5.18. The summed E-state index contributed by atoms with van der Waals surface area (Å²) >= 11 is 0. The van der Waals surface area contributed by atoms with Gasteiger partial charge in [-0.1, -0.05) is 36.4 Å². The third-order valence-electron chi connectivity index (χ3n) is 3.80. The summed E-state index contributed by atoms with van der Waals surface area (Å²) in [6.07, 6.45) is 1.91. The van der Waals surface area contributed by atoms with Crippen molar-refractivity contribution in [3.05, 3.63) is 65.2 Å². The lowest BCUT2D eigenvalue weighted by molar-refractivity contribution is 0.0959. The number of carbonyl (C=O) groups is 1. The molecule has 0 fully saturated rings. The zero-order valence-electron chi connectivity index (χ0n) is 10.9. The van der Waals surface area contributed by atoms with Crippen molar-refractivity contribution in [3.8, 4) is 5.75 Å². The number of methoxy groups -OCH3 is 1. The van der Waals surface area contributed by atoms with Crippen molar-refractivity contribution in [3.63, 3.8) is 0 Å². The second kappa shape index (κ2) is 4.88. The highest BCUT2D eigenvalue weighted by molar-refractivity contribution is 6.01. The van der Waals surface area contributed by atoms with Gasteiger partial charge in [0.15, 0.2) is 5.78 Å². The van der Waals surface area contributed by atoms with Crippen molar-refractivity contribution in [1.82, 2.24) is 0 Å². The molecule has 0 aromatic heterocycles. The van der Waals surface area contributed by atoms with Gasteiger partial charge in [-0.25, -0.2) is 0 Å². The minimum Gasteiger partial charge on any atom is -0.497 e. The number of hydrogen-bond acceptors (Lipinski definition) is 2. The predicted octanol–water partition coefficient (Wildman–Crippen LogP) is 3.61. The van der Waals surface area contributed by atoms with E-state index in [9.17, 15) is 4.79 Å². The normalized spacial score (nSPS) is 17.0. The van der Waals surface area contributed by atoms with E-state index in [0.29, 0.717) is 0 Å². The summed E-state index contributed by atoms with van der Waals surface area (Å²) in [6.45, 7) is 0. The molecule has 0 amide bonds. The van der Waals surface area contributed by atoms with Gasteiger partial charge in [0.25, 0.3) is 0 Å². The number of carbonyl (C=O) groups excluding carboxylic acids is 1. The van der Waals surface area contributed by atoms with Crippen molar-refractivity contribution in [2.75, 3.05) is 7.11 Å². The fourth-order valence-corrected chi connectivity index (χ4v) is 2.81. The van der Waals surface area contributed by atoms with E-state index in [4.69, 9.17) is 4.74 Å². The Morgan fingerprint density at radius 3 is 2.84 bits per heavy atom. The highest BCUT2D eigenvalue weighted by Crippen LogP contribution is 2.35. The third kappa shape index (κ3) is 2.14. The van der Waals surface area contributed by atoms with Gasteiger partial charge in [-0.15, -0.1) is 0 Å². The number of ether oxygens (including phenoxy) is 1. The standard InChI is InChI=1S/C17H16O2/c1-19-14-7-4-6-13(11-14)17(18)16-10-9-12-5-2-3-8-15(12)16/h2-8,11,16H,9-10H2,1H3. The average Bonchev–Trinajstić information content (AvgIpc) is 2.90. The van der Waals surface area contributed by atoms with E-state index in [0.717, 1.165) is 24.2 Å². The van der Waals surface area contributed by atoms with Crippen molar-refractivity contribution in [1.29, 1.82) is 0 Å². The van der Waals surface area contributed by atoms with Crippen LogP contribution in [0.5, 0.6) is 5.75 Å². The van der Waals surface area contributed by atoms with Crippen LogP contribution in [0.3, 0.4) is 0 Å². The Balaban J connectivity index is 1.93. The van der Waals surface area contributed by atoms with Gasteiger partial charge < -0.3 is 4.74 Å². The Labute approximate surface area is 113 Å². The van der Waals surface area contributed by atoms with E-state index in [2.05, 4.69) is 12.1 Å². The molecule has 1 aliphatic carbocycles. The Morgan fingerprint density at radius 2 is 2.00 bits per heavy atom. The molecule has 0 saturated heterocycles. The number of rotatable bonds is 3. The number of ketones is 1.